The number of amides is 2. The van der Waals surface area contributed by atoms with Gasteiger partial charge < -0.3 is 14.9 Å². The monoisotopic (exact) mass is 330 g/mol. The van der Waals surface area contributed by atoms with Crippen molar-refractivity contribution in [2.24, 2.45) is 5.92 Å². The van der Waals surface area contributed by atoms with E-state index < -0.39 is 0 Å². The normalized spacial score (nSPS) is 20.5. The predicted octanol–water partition coefficient (Wildman–Crippen LogP) is 2.35. The van der Waals surface area contributed by atoms with Crippen LogP contribution in [-0.4, -0.2) is 47.6 Å². The number of hydrogen-bond acceptors (Lipinski definition) is 3. The van der Waals surface area contributed by atoms with Crippen molar-refractivity contribution in [2.45, 2.75) is 45.6 Å². The zero-order valence-corrected chi connectivity index (χ0v) is 14.5. The number of hydrogen-bond donors (Lipinski definition) is 1. The molecule has 0 saturated carbocycles. The van der Waals surface area contributed by atoms with Crippen LogP contribution in [0.15, 0.2) is 18.2 Å². The zero-order chi connectivity index (χ0) is 17.3. The third-order valence-corrected chi connectivity index (χ3v) is 5.26. The summed E-state index contributed by atoms with van der Waals surface area (Å²) < 4.78 is 0. The van der Waals surface area contributed by atoms with Crippen molar-refractivity contribution in [3.05, 3.63) is 29.3 Å². The first kappa shape index (κ1) is 17.0. The fourth-order valence-electron chi connectivity index (χ4n) is 3.71. The Morgan fingerprint density at radius 1 is 1.25 bits per heavy atom. The minimum Gasteiger partial charge on any atom is -0.393 e. The van der Waals surface area contributed by atoms with E-state index in [0.29, 0.717) is 31.6 Å². The van der Waals surface area contributed by atoms with E-state index in [1.807, 2.05) is 36.9 Å². The fourth-order valence-corrected chi connectivity index (χ4v) is 3.71. The number of piperidine rings is 1. The first-order valence-corrected chi connectivity index (χ1v) is 8.85. The Balaban J connectivity index is 1.82. The molecule has 2 amide bonds. The molecule has 0 aliphatic carbocycles. The van der Waals surface area contributed by atoms with Crippen molar-refractivity contribution in [2.75, 3.05) is 24.5 Å². The lowest BCUT2D eigenvalue weighted by Crippen LogP contribution is -2.41. The van der Waals surface area contributed by atoms with Gasteiger partial charge >= 0.3 is 0 Å². The third kappa shape index (κ3) is 3.31. The zero-order valence-electron chi connectivity index (χ0n) is 14.5. The SMILES string of the molecule is Cc1ccc(N2CCCC2=O)c(C(=O)N2CCC(C(C)O)CC2)c1. The van der Waals surface area contributed by atoms with E-state index in [4.69, 9.17) is 0 Å². The quantitative estimate of drug-likeness (QED) is 0.925. The molecule has 1 unspecified atom stereocenters. The van der Waals surface area contributed by atoms with Gasteiger partial charge in [-0.2, -0.15) is 0 Å². The van der Waals surface area contributed by atoms with Gasteiger partial charge in [-0.25, -0.2) is 0 Å². The maximum Gasteiger partial charge on any atom is 0.255 e. The third-order valence-electron chi connectivity index (χ3n) is 5.26. The molecular formula is C19H26N2O3. The molecule has 2 aliphatic rings. The van der Waals surface area contributed by atoms with Gasteiger partial charge in [0.1, 0.15) is 0 Å². The van der Waals surface area contributed by atoms with E-state index in [-0.39, 0.29) is 23.8 Å². The molecule has 0 aromatic heterocycles. The maximum absolute atomic E-state index is 13.0. The summed E-state index contributed by atoms with van der Waals surface area (Å²) >= 11 is 0. The van der Waals surface area contributed by atoms with Gasteiger partial charge in [0.15, 0.2) is 0 Å². The van der Waals surface area contributed by atoms with E-state index in [9.17, 15) is 14.7 Å². The van der Waals surface area contributed by atoms with Crippen LogP contribution in [0.3, 0.4) is 0 Å². The number of likely N-dealkylation sites (tertiary alicyclic amines) is 1. The lowest BCUT2D eigenvalue weighted by molar-refractivity contribution is -0.117. The molecule has 2 heterocycles. The summed E-state index contributed by atoms with van der Waals surface area (Å²) in [6.45, 7) is 5.80. The summed E-state index contributed by atoms with van der Waals surface area (Å²) in [6.07, 6.45) is 2.74. The molecule has 2 fully saturated rings. The van der Waals surface area contributed by atoms with Crippen LogP contribution in [-0.2, 0) is 4.79 Å². The summed E-state index contributed by atoms with van der Waals surface area (Å²) in [6, 6.07) is 5.75. The second-order valence-corrected chi connectivity index (χ2v) is 7.04. The minimum atomic E-state index is -0.320. The minimum absolute atomic E-state index is 0.00237. The van der Waals surface area contributed by atoms with Crippen LogP contribution in [0.2, 0.25) is 0 Å². The summed E-state index contributed by atoms with van der Waals surface area (Å²) in [4.78, 5) is 28.7. The average molecular weight is 330 g/mol. The van der Waals surface area contributed by atoms with E-state index in [2.05, 4.69) is 0 Å². The Kier molecular flexibility index (Phi) is 4.90. The molecule has 130 valence electrons. The van der Waals surface area contributed by atoms with Crippen molar-refractivity contribution in [3.8, 4) is 0 Å². The summed E-state index contributed by atoms with van der Waals surface area (Å²) in [5.41, 5.74) is 2.39. The number of aliphatic hydroxyl groups excluding tert-OH is 1. The van der Waals surface area contributed by atoms with Gasteiger partial charge in [0.25, 0.3) is 5.91 Å². The van der Waals surface area contributed by atoms with E-state index in [0.717, 1.165) is 30.5 Å². The van der Waals surface area contributed by atoms with Crippen LogP contribution in [0.4, 0.5) is 5.69 Å². The van der Waals surface area contributed by atoms with Crippen LogP contribution in [0, 0.1) is 12.8 Å². The number of aliphatic hydroxyl groups is 1. The van der Waals surface area contributed by atoms with Gasteiger partial charge in [-0.3, -0.25) is 9.59 Å². The number of carbonyl (C=O) groups excluding carboxylic acids is 2. The Hall–Kier alpha value is -1.88. The van der Waals surface area contributed by atoms with Crippen LogP contribution >= 0.6 is 0 Å². The summed E-state index contributed by atoms with van der Waals surface area (Å²) in [5.74, 6) is 0.365. The number of carbonyl (C=O) groups is 2. The predicted molar refractivity (Wildman–Crippen MR) is 93.1 cm³/mol. The molecular weight excluding hydrogens is 304 g/mol. The molecule has 1 N–H and O–H groups in total. The highest BCUT2D eigenvalue weighted by Crippen LogP contribution is 2.29. The van der Waals surface area contributed by atoms with Gasteiger partial charge in [-0.05, 0) is 51.2 Å². The largest absolute Gasteiger partial charge is 0.393 e. The van der Waals surface area contributed by atoms with E-state index >= 15 is 0 Å². The second-order valence-electron chi connectivity index (χ2n) is 7.04. The highest BCUT2D eigenvalue weighted by Gasteiger charge is 2.30. The molecule has 24 heavy (non-hydrogen) atoms. The summed E-state index contributed by atoms with van der Waals surface area (Å²) in [7, 11) is 0. The Morgan fingerprint density at radius 3 is 2.54 bits per heavy atom. The molecule has 1 aromatic carbocycles. The topological polar surface area (TPSA) is 60.9 Å². The van der Waals surface area contributed by atoms with Crippen LogP contribution in [0.25, 0.3) is 0 Å². The fraction of sp³-hybridized carbons (Fsp3) is 0.579. The number of rotatable bonds is 3. The molecule has 3 rings (SSSR count). The molecule has 5 nitrogen and oxygen atoms in total. The standard InChI is InChI=1S/C19H26N2O3/c1-13-5-6-17(21-9-3-4-18(21)23)16(12-13)19(24)20-10-7-15(8-11-20)14(2)22/h5-6,12,14-15,22H,3-4,7-11H2,1-2H3. The average Bonchev–Trinajstić information content (AvgIpc) is 3.00. The van der Waals surface area contributed by atoms with Crippen molar-refractivity contribution in [3.63, 3.8) is 0 Å². The maximum atomic E-state index is 13.0. The van der Waals surface area contributed by atoms with Crippen LogP contribution < -0.4 is 4.90 Å². The van der Waals surface area contributed by atoms with Gasteiger partial charge in [-0.15, -0.1) is 0 Å². The number of benzene rings is 1. The Bertz CT molecular complexity index is 633. The molecule has 5 heteroatoms. The molecule has 0 radical (unpaired) electrons. The molecule has 1 atom stereocenters. The van der Waals surface area contributed by atoms with Gasteiger partial charge in [0, 0.05) is 26.1 Å². The summed E-state index contributed by atoms with van der Waals surface area (Å²) in [5, 5.41) is 9.72. The molecule has 2 aliphatic heterocycles. The smallest absolute Gasteiger partial charge is 0.255 e. The first-order valence-electron chi connectivity index (χ1n) is 8.85. The van der Waals surface area contributed by atoms with Crippen molar-refractivity contribution in [1.82, 2.24) is 4.90 Å². The molecule has 1 aromatic rings. The lowest BCUT2D eigenvalue weighted by atomic mass is 9.91. The number of anilines is 1. The van der Waals surface area contributed by atoms with Gasteiger partial charge in [0.05, 0.1) is 17.4 Å². The highest BCUT2D eigenvalue weighted by atomic mass is 16.3. The van der Waals surface area contributed by atoms with Gasteiger partial charge in [-0.1, -0.05) is 11.6 Å². The van der Waals surface area contributed by atoms with Crippen molar-refractivity contribution >= 4 is 17.5 Å². The molecule has 2 saturated heterocycles. The highest BCUT2D eigenvalue weighted by molar-refractivity contribution is 6.05. The van der Waals surface area contributed by atoms with Crippen molar-refractivity contribution < 1.29 is 14.7 Å². The first-order chi connectivity index (χ1) is 11.5. The molecule has 0 bridgehead atoms. The van der Waals surface area contributed by atoms with E-state index in [1.165, 1.54) is 0 Å². The number of nitrogens with zero attached hydrogens (tertiary/aromatic N) is 2. The van der Waals surface area contributed by atoms with E-state index in [1.54, 1.807) is 4.90 Å². The number of aryl methyl sites for hydroxylation is 1. The van der Waals surface area contributed by atoms with Crippen LogP contribution in [0.1, 0.15) is 48.5 Å². The Labute approximate surface area is 143 Å². The lowest BCUT2D eigenvalue weighted by Gasteiger charge is -2.34. The molecule has 0 spiro atoms. The second kappa shape index (κ2) is 6.93. The van der Waals surface area contributed by atoms with Gasteiger partial charge in [0.2, 0.25) is 5.91 Å². The van der Waals surface area contributed by atoms with Crippen LogP contribution in [0.5, 0.6) is 0 Å². The Morgan fingerprint density at radius 2 is 1.96 bits per heavy atom. The van der Waals surface area contributed by atoms with Crippen molar-refractivity contribution in [1.29, 1.82) is 0 Å².